The first kappa shape index (κ1) is 8.02. The Hall–Kier alpha value is -0.0800. The molecule has 3 heteroatoms. The lowest BCUT2D eigenvalue weighted by atomic mass is 10.2. The summed E-state index contributed by atoms with van der Waals surface area (Å²) < 4.78 is 0.889. The van der Waals surface area contributed by atoms with Crippen molar-refractivity contribution in [3.63, 3.8) is 0 Å². The fraction of sp³-hybridized carbons (Fsp3) is 0.286. The van der Waals surface area contributed by atoms with E-state index in [1.807, 2.05) is 19.9 Å². The highest BCUT2D eigenvalue weighted by Gasteiger charge is 2.01. The van der Waals surface area contributed by atoms with Crippen LogP contribution in [0.3, 0.4) is 0 Å². The van der Waals surface area contributed by atoms with E-state index in [-0.39, 0.29) is 0 Å². The van der Waals surface area contributed by atoms with Gasteiger partial charge < -0.3 is 0 Å². The molecule has 0 unspecified atom stereocenters. The largest absolute Gasteiger partial charge is 0.240 e. The average molecular weight is 220 g/mol. The van der Waals surface area contributed by atoms with Crippen LogP contribution in [-0.2, 0) is 0 Å². The Morgan fingerprint density at radius 2 is 2.10 bits per heavy atom. The number of pyridine rings is 1. The van der Waals surface area contributed by atoms with E-state index in [2.05, 4.69) is 20.9 Å². The zero-order chi connectivity index (χ0) is 7.72. The molecule has 0 aliphatic rings. The molecule has 0 aromatic carbocycles. The highest BCUT2D eigenvalue weighted by Crippen LogP contribution is 2.23. The summed E-state index contributed by atoms with van der Waals surface area (Å²) in [6.07, 6.45) is 0. The van der Waals surface area contributed by atoms with Crippen LogP contribution in [0, 0.1) is 13.8 Å². The van der Waals surface area contributed by atoms with E-state index in [1.165, 1.54) is 0 Å². The third-order valence-electron chi connectivity index (χ3n) is 1.23. The number of hydrogen-bond acceptors (Lipinski definition) is 1. The van der Waals surface area contributed by atoms with Gasteiger partial charge in [0, 0.05) is 5.69 Å². The van der Waals surface area contributed by atoms with Gasteiger partial charge in [0.05, 0.1) is 4.47 Å². The van der Waals surface area contributed by atoms with Crippen molar-refractivity contribution in [2.24, 2.45) is 0 Å². The van der Waals surface area contributed by atoms with Crippen molar-refractivity contribution >= 4 is 27.5 Å². The van der Waals surface area contributed by atoms with Gasteiger partial charge in [0.15, 0.2) is 0 Å². The predicted octanol–water partition coefficient (Wildman–Crippen LogP) is 3.11. The van der Waals surface area contributed by atoms with Crippen molar-refractivity contribution in [1.29, 1.82) is 0 Å². The summed E-state index contributed by atoms with van der Waals surface area (Å²) in [5.41, 5.74) is 2.07. The van der Waals surface area contributed by atoms with E-state index in [4.69, 9.17) is 11.6 Å². The predicted molar refractivity (Wildman–Crippen MR) is 46.4 cm³/mol. The van der Waals surface area contributed by atoms with Gasteiger partial charge in [0.25, 0.3) is 0 Å². The summed E-state index contributed by atoms with van der Waals surface area (Å²) in [4.78, 5) is 4.05. The first-order chi connectivity index (χ1) is 4.61. The smallest absolute Gasteiger partial charge is 0.143 e. The van der Waals surface area contributed by atoms with Gasteiger partial charge in [-0.3, -0.25) is 0 Å². The third kappa shape index (κ3) is 1.50. The Morgan fingerprint density at radius 3 is 2.60 bits per heavy atom. The van der Waals surface area contributed by atoms with Crippen molar-refractivity contribution in [1.82, 2.24) is 4.98 Å². The van der Waals surface area contributed by atoms with Crippen molar-refractivity contribution in [3.8, 4) is 0 Å². The Balaban J connectivity index is 3.31. The first-order valence-electron chi connectivity index (χ1n) is 2.90. The van der Waals surface area contributed by atoms with Crippen LogP contribution in [0.4, 0.5) is 0 Å². The molecular formula is C7H7BrClN. The zero-order valence-electron chi connectivity index (χ0n) is 5.78. The number of hydrogen-bond donors (Lipinski definition) is 0. The maximum Gasteiger partial charge on any atom is 0.143 e. The van der Waals surface area contributed by atoms with Gasteiger partial charge in [0.1, 0.15) is 5.15 Å². The molecule has 0 radical (unpaired) electrons. The van der Waals surface area contributed by atoms with Gasteiger partial charge in [-0.1, -0.05) is 11.6 Å². The Kier molecular flexibility index (Phi) is 2.32. The van der Waals surface area contributed by atoms with Crippen LogP contribution in [0.1, 0.15) is 11.3 Å². The minimum absolute atomic E-state index is 0.539. The number of aromatic nitrogens is 1. The fourth-order valence-electron chi connectivity index (χ4n) is 0.776. The standard InChI is InChI=1S/C7H7BrClN/c1-4-3-5(2)10-7(9)6(4)8/h3H,1-2H3. The molecule has 54 valence electrons. The van der Waals surface area contributed by atoms with Crippen LogP contribution >= 0.6 is 27.5 Å². The first-order valence-corrected chi connectivity index (χ1v) is 4.07. The van der Waals surface area contributed by atoms with E-state index >= 15 is 0 Å². The molecule has 1 nitrogen and oxygen atoms in total. The number of aryl methyl sites for hydroxylation is 2. The second-order valence-corrected chi connectivity index (χ2v) is 3.34. The number of halogens is 2. The van der Waals surface area contributed by atoms with E-state index in [0.29, 0.717) is 5.15 Å². The maximum atomic E-state index is 5.76. The molecule has 0 fully saturated rings. The van der Waals surface area contributed by atoms with Crippen LogP contribution in [0.15, 0.2) is 10.5 Å². The highest BCUT2D eigenvalue weighted by atomic mass is 79.9. The Labute approximate surface area is 73.6 Å². The molecule has 1 heterocycles. The van der Waals surface area contributed by atoms with Gasteiger partial charge in [0.2, 0.25) is 0 Å². The van der Waals surface area contributed by atoms with E-state index in [9.17, 15) is 0 Å². The summed E-state index contributed by atoms with van der Waals surface area (Å²) in [5.74, 6) is 0. The molecule has 1 aromatic heterocycles. The molecule has 0 aliphatic carbocycles. The summed E-state index contributed by atoms with van der Waals surface area (Å²) in [7, 11) is 0. The molecule has 10 heavy (non-hydrogen) atoms. The molecule has 0 aliphatic heterocycles. The lowest BCUT2D eigenvalue weighted by molar-refractivity contribution is 1.16. The summed E-state index contributed by atoms with van der Waals surface area (Å²) >= 11 is 9.08. The SMILES string of the molecule is Cc1cc(C)c(Br)c(Cl)n1. The maximum absolute atomic E-state index is 5.76. The highest BCUT2D eigenvalue weighted by molar-refractivity contribution is 9.10. The Morgan fingerprint density at radius 1 is 1.50 bits per heavy atom. The summed E-state index contributed by atoms with van der Waals surface area (Å²) in [5, 5.41) is 0.539. The minimum atomic E-state index is 0.539. The van der Waals surface area contributed by atoms with Gasteiger partial charge in [-0.25, -0.2) is 4.98 Å². The molecule has 0 N–H and O–H groups in total. The van der Waals surface area contributed by atoms with E-state index in [1.54, 1.807) is 0 Å². The molecule has 0 saturated heterocycles. The molecule has 0 bridgehead atoms. The zero-order valence-corrected chi connectivity index (χ0v) is 8.12. The topological polar surface area (TPSA) is 12.9 Å². The summed E-state index contributed by atoms with van der Waals surface area (Å²) in [6.45, 7) is 3.91. The van der Waals surface area contributed by atoms with Crippen LogP contribution in [0.5, 0.6) is 0 Å². The normalized spacial score (nSPS) is 10.0. The van der Waals surface area contributed by atoms with Crippen LogP contribution < -0.4 is 0 Å². The van der Waals surface area contributed by atoms with Crippen molar-refractivity contribution in [2.75, 3.05) is 0 Å². The van der Waals surface area contributed by atoms with Crippen molar-refractivity contribution in [2.45, 2.75) is 13.8 Å². The van der Waals surface area contributed by atoms with Crippen LogP contribution in [0.2, 0.25) is 5.15 Å². The second-order valence-electron chi connectivity index (χ2n) is 2.19. The van der Waals surface area contributed by atoms with Gasteiger partial charge in [-0.05, 0) is 41.4 Å². The number of rotatable bonds is 0. The fourth-order valence-corrected chi connectivity index (χ4v) is 1.26. The molecule has 0 saturated carbocycles. The van der Waals surface area contributed by atoms with Crippen LogP contribution in [-0.4, -0.2) is 4.98 Å². The van der Waals surface area contributed by atoms with Gasteiger partial charge in [-0.15, -0.1) is 0 Å². The molecule has 1 rings (SSSR count). The number of nitrogens with zero attached hydrogens (tertiary/aromatic N) is 1. The minimum Gasteiger partial charge on any atom is -0.240 e. The van der Waals surface area contributed by atoms with Gasteiger partial charge >= 0.3 is 0 Å². The third-order valence-corrected chi connectivity index (χ3v) is 2.73. The Bertz CT molecular complexity index is 237. The molecule has 0 spiro atoms. The molecular weight excluding hydrogens is 213 g/mol. The molecule has 0 atom stereocenters. The summed E-state index contributed by atoms with van der Waals surface area (Å²) in [6, 6.07) is 1.98. The lowest BCUT2D eigenvalue weighted by Gasteiger charge is -2.00. The van der Waals surface area contributed by atoms with Crippen molar-refractivity contribution < 1.29 is 0 Å². The van der Waals surface area contributed by atoms with Crippen LogP contribution in [0.25, 0.3) is 0 Å². The lowest BCUT2D eigenvalue weighted by Crippen LogP contribution is -1.85. The molecule has 1 aromatic rings. The quantitative estimate of drug-likeness (QED) is 0.612. The van der Waals surface area contributed by atoms with E-state index in [0.717, 1.165) is 15.7 Å². The van der Waals surface area contributed by atoms with E-state index < -0.39 is 0 Å². The molecule has 0 amide bonds. The average Bonchev–Trinajstić information content (AvgIpc) is 1.82. The second kappa shape index (κ2) is 2.89. The van der Waals surface area contributed by atoms with Crippen molar-refractivity contribution in [3.05, 3.63) is 26.9 Å². The van der Waals surface area contributed by atoms with Gasteiger partial charge in [-0.2, -0.15) is 0 Å². The monoisotopic (exact) mass is 219 g/mol.